The summed E-state index contributed by atoms with van der Waals surface area (Å²) in [6.45, 7) is 7.97. The normalized spacial score (nSPS) is 18.2. The summed E-state index contributed by atoms with van der Waals surface area (Å²) >= 11 is 6.32. The van der Waals surface area contributed by atoms with Crippen LogP contribution < -0.4 is 14.4 Å². The van der Waals surface area contributed by atoms with Crippen molar-refractivity contribution in [2.45, 2.75) is 6.04 Å². The first-order valence-corrected chi connectivity index (χ1v) is 13.5. The van der Waals surface area contributed by atoms with Crippen molar-refractivity contribution >= 4 is 45.1 Å². The molecule has 0 radical (unpaired) electrons. The quantitative estimate of drug-likeness (QED) is 0.325. The number of H-pyrrole nitrogens is 1. The fraction of sp³-hybridized carbons (Fsp3) is 0.370. The van der Waals surface area contributed by atoms with Crippen molar-refractivity contribution < 1.29 is 23.4 Å². The van der Waals surface area contributed by atoms with Crippen LogP contribution in [0, 0.1) is 5.82 Å². The molecule has 1 aromatic carbocycles. The van der Waals surface area contributed by atoms with Crippen LogP contribution in [0.5, 0.6) is 17.6 Å². The first-order valence-electron chi connectivity index (χ1n) is 13.2. The van der Waals surface area contributed by atoms with Gasteiger partial charge in [0.2, 0.25) is 11.8 Å². The lowest BCUT2D eigenvalue weighted by atomic mass is 10.2. The Kier molecular flexibility index (Phi) is 7.56. The highest BCUT2D eigenvalue weighted by atomic mass is 35.5. The Morgan fingerprint density at radius 3 is 2.88 bits per heavy atom. The number of amides is 1. The van der Waals surface area contributed by atoms with Gasteiger partial charge < -0.3 is 24.0 Å². The number of nitrogens with one attached hydrogen (secondary N) is 1. The summed E-state index contributed by atoms with van der Waals surface area (Å²) in [4.78, 5) is 32.0. The van der Waals surface area contributed by atoms with Crippen LogP contribution in [0.15, 0.2) is 37.2 Å². The summed E-state index contributed by atoms with van der Waals surface area (Å²) in [7, 11) is 2.02. The molecule has 2 aliphatic rings. The van der Waals surface area contributed by atoms with Crippen LogP contribution in [-0.4, -0.2) is 106 Å². The number of hydrogen-bond acceptors (Lipinski definition) is 10. The van der Waals surface area contributed by atoms with Crippen LogP contribution in [0.4, 0.5) is 10.2 Å². The predicted molar refractivity (Wildman–Crippen MR) is 150 cm³/mol. The minimum atomic E-state index is -0.663. The van der Waals surface area contributed by atoms with Crippen molar-refractivity contribution in [1.29, 1.82) is 0 Å². The summed E-state index contributed by atoms with van der Waals surface area (Å²) in [5.74, 6) is -0.00335. The maximum atomic E-state index is 14.6. The van der Waals surface area contributed by atoms with E-state index in [9.17, 15) is 9.18 Å². The van der Waals surface area contributed by atoms with Gasteiger partial charge in [0.15, 0.2) is 5.75 Å². The number of fused-ring (bicyclic) bond motifs is 2. The lowest BCUT2D eigenvalue weighted by Crippen LogP contribution is -2.48. The topological polar surface area (TPSA) is 122 Å². The average Bonchev–Trinajstić information content (AvgIpc) is 3.46. The van der Waals surface area contributed by atoms with Gasteiger partial charge in [-0.1, -0.05) is 18.2 Å². The fourth-order valence-corrected chi connectivity index (χ4v) is 5.12. The molecule has 12 nitrogen and oxygen atoms in total. The second-order valence-corrected chi connectivity index (χ2v) is 10.2. The number of carbonyl (C=O) groups is 1. The Hall–Kier alpha value is -4.07. The molecule has 1 atom stereocenters. The number of anilines is 1. The highest BCUT2D eigenvalue weighted by Crippen LogP contribution is 2.40. The van der Waals surface area contributed by atoms with E-state index in [1.54, 1.807) is 17.2 Å². The molecule has 1 amide bonds. The van der Waals surface area contributed by atoms with E-state index in [1.165, 1.54) is 18.3 Å². The van der Waals surface area contributed by atoms with E-state index >= 15 is 0 Å². The van der Waals surface area contributed by atoms with Gasteiger partial charge in [0.25, 0.3) is 0 Å². The van der Waals surface area contributed by atoms with Gasteiger partial charge in [0, 0.05) is 45.0 Å². The third-order valence-electron chi connectivity index (χ3n) is 7.33. The molecule has 2 fully saturated rings. The van der Waals surface area contributed by atoms with Crippen LogP contribution in [-0.2, 0) is 9.53 Å². The van der Waals surface area contributed by atoms with E-state index in [0.717, 1.165) is 6.54 Å². The zero-order valence-corrected chi connectivity index (χ0v) is 23.1. The number of benzene rings is 1. The van der Waals surface area contributed by atoms with Crippen molar-refractivity contribution in [3.8, 4) is 17.6 Å². The van der Waals surface area contributed by atoms with E-state index in [0.29, 0.717) is 73.6 Å². The number of rotatable bonds is 7. The van der Waals surface area contributed by atoms with Gasteiger partial charge in [-0.25, -0.2) is 9.37 Å². The predicted octanol–water partition coefficient (Wildman–Crippen LogP) is 3.03. The summed E-state index contributed by atoms with van der Waals surface area (Å²) in [5, 5.41) is 7.66. The summed E-state index contributed by atoms with van der Waals surface area (Å²) in [5.41, 5.74) is 0.787. The molecule has 4 aromatic rings. The number of nitrogens with zero attached hydrogens (tertiary/aromatic N) is 7. The Bertz CT molecular complexity index is 1610. The first-order chi connectivity index (χ1) is 19.9. The van der Waals surface area contributed by atoms with Gasteiger partial charge in [-0.3, -0.25) is 14.8 Å². The Labute approximate surface area is 239 Å². The minimum Gasteiger partial charge on any atom is -0.462 e. The molecule has 214 valence electrons. The van der Waals surface area contributed by atoms with Gasteiger partial charge in [-0.05, 0) is 19.2 Å². The maximum absolute atomic E-state index is 14.6. The van der Waals surface area contributed by atoms with Crippen molar-refractivity contribution in [3.05, 3.63) is 48.0 Å². The lowest BCUT2D eigenvalue weighted by molar-refractivity contribution is -0.126. The average molecular weight is 583 g/mol. The molecule has 0 spiro atoms. The fourth-order valence-electron chi connectivity index (χ4n) is 4.93. The second kappa shape index (κ2) is 11.4. The Morgan fingerprint density at radius 1 is 1.27 bits per heavy atom. The number of ether oxygens (including phenoxy) is 3. The van der Waals surface area contributed by atoms with E-state index in [4.69, 9.17) is 30.8 Å². The van der Waals surface area contributed by atoms with Crippen molar-refractivity contribution in [1.82, 2.24) is 34.9 Å². The molecule has 0 saturated carbocycles. The van der Waals surface area contributed by atoms with E-state index < -0.39 is 5.82 Å². The third-order valence-corrected chi connectivity index (χ3v) is 7.68. The molecule has 1 N–H and O–H groups in total. The molecule has 0 aliphatic carbocycles. The molecule has 14 heteroatoms. The zero-order chi connectivity index (χ0) is 28.5. The second-order valence-electron chi connectivity index (χ2n) is 9.81. The number of morpholine rings is 1. The van der Waals surface area contributed by atoms with Gasteiger partial charge in [0.1, 0.15) is 28.8 Å². The number of aromatic nitrogens is 5. The summed E-state index contributed by atoms with van der Waals surface area (Å²) in [6, 6.07) is 3.20. The van der Waals surface area contributed by atoms with Crippen molar-refractivity contribution in [3.63, 3.8) is 0 Å². The van der Waals surface area contributed by atoms with Crippen LogP contribution in [0.1, 0.15) is 0 Å². The third kappa shape index (κ3) is 5.35. The zero-order valence-electron chi connectivity index (χ0n) is 22.3. The molecule has 0 bridgehead atoms. The summed E-state index contributed by atoms with van der Waals surface area (Å²) in [6.07, 6.45) is 4.39. The van der Waals surface area contributed by atoms with Gasteiger partial charge in [-0.2, -0.15) is 15.1 Å². The molecule has 2 aliphatic heterocycles. The lowest BCUT2D eigenvalue weighted by Gasteiger charge is -2.35. The molecule has 5 heterocycles. The number of likely N-dealkylation sites (N-methyl/N-ethyl adjacent to an activating group) is 1. The SMILES string of the molecule is C=CC(=O)N1CCN(c2nc(OC[C@H]3COCCN3C)nc3c(Oc4c(Cl)c(F)cc5[nH]ncc45)nccc23)CC1. The van der Waals surface area contributed by atoms with Crippen LogP contribution in [0.25, 0.3) is 21.8 Å². The molecular weight excluding hydrogens is 555 g/mol. The minimum absolute atomic E-state index is 0.0325. The largest absolute Gasteiger partial charge is 0.462 e. The van der Waals surface area contributed by atoms with Gasteiger partial charge in [-0.15, -0.1) is 0 Å². The molecule has 0 unspecified atom stereocenters. The van der Waals surface area contributed by atoms with Crippen LogP contribution in [0.3, 0.4) is 0 Å². The Morgan fingerprint density at radius 2 is 2.10 bits per heavy atom. The number of halogens is 2. The van der Waals surface area contributed by atoms with E-state index in [2.05, 4.69) is 36.5 Å². The highest BCUT2D eigenvalue weighted by Gasteiger charge is 2.26. The molecule has 2 saturated heterocycles. The van der Waals surface area contributed by atoms with E-state index in [1.807, 2.05) is 7.05 Å². The monoisotopic (exact) mass is 582 g/mol. The van der Waals surface area contributed by atoms with Gasteiger partial charge >= 0.3 is 6.01 Å². The van der Waals surface area contributed by atoms with Crippen LogP contribution >= 0.6 is 11.6 Å². The first kappa shape index (κ1) is 27.1. The molecule has 6 rings (SSSR count). The molecular formula is C27H28ClFN8O4. The highest BCUT2D eigenvalue weighted by molar-refractivity contribution is 6.33. The number of aromatic amines is 1. The smallest absolute Gasteiger partial charge is 0.319 e. The van der Waals surface area contributed by atoms with Crippen LogP contribution in [0.2, 0.25) is 5.02 Å². The molecule has 41 heavy (non-hydrogen) atoms. The van der Waals surface area contributed by atoms with E-state index in [-0.39, 0.29) is 34.6 Å². The number of carbonyl (C=O) groups excluding carboxylic acids is 1. The van der Waals surface area contributed by atoms with Gasteiger partial charge in [0.05, 0.1) is 41.7 Å². The van der Waals surface area contributed by atoms with Crippen molar-refractivity contribution in [2.75, 3.05) is 64.5 Å². The Balaban J connectivity index is 1.39. The molecule has 3 aromatic heterocycles. The number of pyridine rings is 1. The summed E-state index contributed by atoms with van der Waals surface area (Å²) < 4.78 is 32.5. The number of hydrogen-bond donors (Lipinski definition) is 1. The van der Waals surface area contributed by atoms with Crippen molar-refractivity contribution in [2.24, 2.45) is 0 Å². The number of piperazine rings is 1. The maximum Gasteiger partial charge on any atom is 0.319 e. The standard InChI is InChI=1S/C27H28ClFN8O4/c1-3-21(38)36-6-8-37(9-7-36)25-17-4-5-30-26(41-24-18-13-31-34-20(18)12-19(29)22(24)28)23(17)32-27(33-25)40-15-16-14-39-11-10-35(16)2/h3-5,12-13,16H,1,6-11,14-15H2,2H3,(H,31,34)/t16-/m1/s1.